The smallest absolute Gasteiger partial charge is 0.242 e. The summed E-state index contributed by atoms with van der Waals surface area (Å²) in [5.41, 5.74) is 3.05. The summed E-state index contributed by atoms with van der Waals surface area (Å²) in [4.78, 5) is 31.6. The van der Waals surface area contributed by atoms with Gasteiger partial charge in [0.05, 0.1) is 12.6 Å². The molecule has 0 unspecified atom stereocenters. The van der Waals surface area contributed by atoms with Gasteiger partial charge in [-0.1, -0.05) is 64.4 Å². The van der Waals surface area contributed by atoms with Crippen LogP contribution in [0.4, 0.5) is 0 Å². The Morgan fingerprint density at radius 1 is 1.17 bits per heavy atom. The van der Waals surface area contributed by atoms with Crippen molar-refractivity contribution < 1.29 is 9.59 Å². The lowest BCUT2D eigenvalue weighted by Gasteiger charge is -2.38. The second-order valence-electron chi connectivity index (χ2n) is 9.78. The van der Waals surface area contributed by atoms with Gasteiger partial charge in [0.15, 0.2) is 0 Å². The first kappa shape index (κ1) is 22.5. The number of rotatable bonds is 5. The average molecular weight is 427 g/mol. The predicted octanol–water partition coefficient (Wildman–Crippen LogP) is 5.06. The van der Waals surface area contributed by atoms with E-state index in [1.807, 2.05) is 25.7 Å². The van der Waals surface area contributed by atoms with Crippen LogP contribution in [-0.2, 0) is 16.0 Å². The molecule has 0 fully saturated rings. The maximum Gasteiger partial charge on any atom is 0.242 e. The van der Waals surface area contributed by atoms with Gasteiger partial charge in [0.25, 0.3) is 0 Å². The highest BCUT2D eigenvalue weighted by Crippen LogP contribution is 2.38. The van der Waals surface area contributed by atoms with Crippen LogP contribution in [0.2, 0.25) is 0 Å². The number of hydrogen-bond donors (Lipinski definition) is 0. The molecule has 1 aromatic carbocycles. The molecule has 0 spiro atoms. The Morgan fingerprint density at radius 3 is 2.43 bits per heavy atom. The van der Waals surface area contributed by atoms with E-state index in [1.54, 1.807) is 16.2 Å². The standard InChI is InChI=1S/C25H34N2O2S/c1-17(2)15-26(24(29)25(4,5)6)16-22(28)27-13-11-21-20(12-14-30-21)23(27)19-9-7-18(3)8-10-19/h7-10,12,14,17,23H,11,13,15-16H2,1-6H3/t23-/m1/s1. The Morgan fingerprint density at radius 2 is 1.83 bits per heavy atom. The third-order valence-electron chi connectivity index (χ3n) is 5.52. The molecule has 0 N–H and O–H groups in total. The van der Waals surface area contributed by atoms with Gasteiger partial charge in [0, 0.05) is 23.4 Å². The Bertz CT molecular complexity index is 893. The van der Waals surface area contributed by atoms with Crippen LogP contribution in [0.1, 0.15) is 62.2 Å². The molecule has 5 heteroatoms. The van der Waals surface area contributed by atoms with Crippen LogP contribution >= 0.6 is 11.3 Å². The Hall–Kier alpha value is -2.14. The molecule has 0 saturated carbocycles. The second-order valence-corrected chi connectivity index (χ2v) is 10.8. The van der Waals surface area contributed by atoms with Gasteiger partial charge in [-0.25, -0.2) is 0 Å². The van der Waals surface area contributed by atoms with E-state index in [1.165, 1.54) is 16.0 Å². The maximum absolute atomic E-state index is 13.5. The fourth-order valence-corrected chi connectivity index (χ4v) is 4.99. The van der Waals surface area contributed by atoms with Crippen molar-refractivity contribution in [1.82, 2.24) is 9.80 Å². The minimum Gasteiger partial charge on any atom is -0.333 e. The summed E-state index contributed by atoms with van der Waals surface area (Å²) in [5.74, 6) is 0.363. The fraction of sp³-hybridized carbons (Fsp3) is 0.520. The number of thiophene rings is 1. The van der Waals surface area contributed by atoms with Crippen molar-refractivity contribution in [2.45, 2.75) is 54.0 Å². The summed E-state index contributed by atoms with van der Waals surface area (Å²) in [6.07, 6.45) is 0.874. The summed E-state index contributed by atoms with van der Waals surface area (Å²) in [7, 11) is 0. The van der Waals surface area contributed by atoms with E-state index >= 15 is 0 Å². The van der Waals surface area contributed by atoms with Gasteiger partial charge < -0.3 is 9.80 Å². The van der Waals surface area contributed by atoms with E-state index < -0.39 is 5.41 Å². The molecular weight excluding hydrogens is 392 g/mol. The molecule has 1 aliphatic heterocycles. The molecule has 2 heterocycles. The van der Waals surface area contributed by atoms with E-state index in [-0.39, 0.29) is 24.4 Å². The lowest BCUT2D eigenvalue weighted by atomic mass is 9.92. The molecular formula is C25H34N2O2S. The topological polar surface area (TPSA) is 40.6 Å². The molecule has 0 bridgehead atoms. The third kappa shape index (κ3) is 4.94. The first-order chi connectivity index (χ1) is 14.1. The average Bonchev–Trinajstić information content (AvgIpc) is 3.14. The normalized spacial score (nSPS) is 16.5. The van der Waals surface area contributed by atoms with Crippen molar-refractivity contribution in [1.29, 1.82) is 0 Å². The first-order valence-electron chi connectivity index (χ1n) is 10.8. The van der Waals surface area contributed by atoms with E-state index in [4.69, 9.17) is 0 Å². The van der Waals surface area contributed by atoms with Crippen molar-refractivity contribution in [3.05, 3.63) is 57.3 Å². The van der Waals surface area contributed by atoms with E-state index in [0.717, 1.165) is 12.0 Å². The minimum absolute atomic E-state index is 0.0238. The van der Waals surface area contributed by atoms with Crippen molar-refractivity contribution >= 4 is 23.2 Å². The van der Waals surface area contributed by atoms with Crippen LogP contribution in [0.3, 0.4) is 0 Å². The van der Waals surface area contributed by atoms with Gasteiger partial charge in [0.1, 0.15) is 0 Å². The number of aryl methyl sites for hydroxylation is 1. The molecule has 2 aromatic rings. The number of fused-ring (bicyclic) bond motifs is 1. The zero-order valence-corrected chi connectivity index (χ0v) is 19.9. The molecule has 2 amide bonds. The van der Waals surface area contributed by atoms with Crippen LogP contribution in [-0.4, -0.2) is 41.2 Å². The number of hydrogen-bond acceptors (Lipinski definition) is 3. The molecule has 3 rings (SSSR count). The Balaban J connectivity index is 1.90. The summed E-state index contributed by atoms with van der Waals surface area (Å²) >= 11 is 1.77. The van der Waals surface area contributed by atoms with Crippen LogP contribution in [0.5, 0.6) is 0 Å². The van der Waals surface area contributed by atoms with Gasteiger partial charge in [0.2, 0.25) is 11.8 Å². The number of nitrogens with zero attached hydrogens (tertiary/aromatic N) is 2. The SMILES string of the molecule is Cc1ccc([C@@H]2c3ccsc3CCN2C(=O)CN(CC(C)C)C(=O)C(C)(C)C)cc1. The zero-order valence-electron chi connectivity index (χ0n) is 19.1. The maximum atomic E-state index is 13.5. The highest BCUT2D eigenvalue weighted by molar-refractivity contribution is 7.10. The van der Waals surface area contributed by atoms with Crippen molar-refractivity contribution in [2.75, 3.05) is 19.6 Å². The number of amides is 2. The van der Waals surface area contributed by atoms with E-state index in [2.05, 4.69) is 56.5 Å². The highest BCUT2D eigenvalue weighted by Gasteiger charge is 2.35. The molecule has 1 aromatic heterocycles. The largest absolute Gasteiger partial charge is 0.333 e. The lowest BCUT2D eigenvalue weighted by molar-refractivity contribution is -0.146. The molecule has 0 saturated heterocycles. The Labute approximate surface area is 184 Å². The highest BCUT2D eigenvalue weighted by atomic mass is 32.1. The third-order valence-corrected chi connectivity index (χ3v) is 6.52. The monoisotopic (exact) mass is 426 g/mol. The van der Waals surface area contributed by atoms with Crippen molar-refractivity contribution in [2.24, 2.45) is 11.3 Å². The van der Waals surface area contributed by atoms with Crippen molar-refractivity contribution in [3.8, 4) is 0 Å². The summed E-state index contributed by atoms with van der Waals surface area (Å²) in [6.45, 7) is 13.4. The molecule has 162 valence electrons. The fourth-order valence-electron chi connectivity index (χ4n) is 4.08. The summed E-state index contributed by atoms with van der Waals surface area (Å²) < 4.78 is 0. The van der Waals surface area contributed by atoms with E-state index in [9.17, 15) is 9.59 Å². The van der Waals surface area contributed by atoms with Gasteiger partial charge in [-0.3, -0.25) is 9.59 Å². The van der Waals surface area contributed by atoms with Gasteiger partial charge in [-0.15, -0.1) is 11.3 Å². The van der Waals surface area contributed by atoms with Crippen LogP contribution in [0.25, 0.3) is 0 Å². The number of carbonyl (C=O) groups excluding carboxylic acids is 2. The molecule has 0 aliphatic carbocycles. The quantitative estimate of drug-likeness (QED) is 0.670. The summed E-state index contributed by atoms with van der Waals surface area (Å²) in [5, 5.41) is 2.12. The minimum atomic E-state index is -0.506. The number of benzene rings is 1. The first-order valence-corrected chi connectivity index (χ1v) is 11.7. The Kier molecular flexibility index (Phi) is 6.71. The molecule has 30 heavy (non-hydrogen) atoms. The van der Waals surface area contributed by atoms with Crippen molar-refractivity contribution in [3.63, 3.8) is 0 Å². The predicted molar refractivity (Wildman–Crippen MR) is 124 cm³/mol. The molecule has 1 atom stereocenters. The van der Waals surface area contributed by atoms with Crippen LogP contribution in [0, 0.1) is 18.3 Å². The molecule has 0 radical (unpaired) electrons. The zero-order chi connectivity index (χ0) is 22.1. The number of carbonyl (C=O) groups is 2. The van der Waals surface area contributed by atoms with Gasteiger partial charge in [-0.05, 0) is 41.8 Å². The second kappa shape index (κ2) is 8.93. The lowest BCUT2D eigenvalue weighted by Crippen LogP contribution is -2.49. The van der Waals surface area contributed by atoms with Crippen LogP contribution in [0.15, 0.2) is 35.7 Å². The van der Waals surface area contributed by atoms with E-state index in [0.29, 0.717) is 19.0 Å². The van der Waals surface area contributed by atoms with Crippen LogP contribution < -0.4 is 0 Å². The molecule has 4 nitrogen and oxygen atoms in total. The van der Waals surface area contributed by atoms with Gasteiger partial charge >= 0.3 is 0 Å². The summed E-state index contributed by atoms with van der Waals surface area (Å²) in [6, 6.07) is 10.5. The molecule has 1 aliphatic rings. The van der Waals surface area contributed by atoms with Gasteiger partial charge in [-0.2, -0.15) is 0 Å².